The van der Waals surface area contributed by atoms with Gasteiger partial charge >= 0.3 is 6.36 Å². The van der Waals surface area contributed by atoms with Gasteiger partial charge in [0.15, 0.2) is 5.75 Å². The molecule has 0 aromatic heterocycles. The number of para-hydroxylation sites is 2. The van der Waals surface area contributed by atoms with E-state index in [-0.39, 0.29) is 5.69 Å². The van der Waals surface area contributed by atoms with E-state index in [0.29, 0.717) is 11.6 Å². The molecule has 2 aromatic carbocycles. The van der Waals surface area contributed by atoms with Crippen molar-refractivity contribution in [3.05, 3.63) is 54.1 Å². The van der Waals surface area contributed by atoms with E-state index in [9.17, 15) is 18.0 Å². The second-order valence-corrected chi connectivity index (χ2v) is 7.16. The molecule has 1 amide bonds. The third-order valence-corrected chi connectivity index (χ3v) is 4.90. The van der Waals surface area contributed by atoms with Crippen LogP contribution in [0.5, 0.6) is 5.75 Å². The maximum Gasteiger partial charge on any atom is 0.573 e. The average Bonchev–Trinajstić information content (AvgIpc) is 2.68. The molecule has 0 unspecified atom stereocenters. The minimum Gasteiger partial charge on any atom is -0.404 e. The number of hydrogen-bond acceptors (Lipinski definition) is 4. The lowest BCUT2D eigenvalue weighted by Crippen LogP contribution is -2.48. The molecule has 1 saturated heterocycles. The van der Waals surface area contributed by atoms with Gasteiger partial charge in [-0.3, -0.25) is 9.69 Å². The molecule has 2 aromatic rings. The van der Waals surface area contributed by atoms with Crippen LogP contribution in [0.1, 0.15) is 24.2 Å². The molecule has 5 nitrogen and oxygen atoms in total. The van der Waals surface area contributed by atoms with Gasteiger partial charge in [0, 0.05) is 43.5 Å². The van der Waals surface area contributed by atoms with Gasteiger partial charge < -0.3 is 15.0 Å². The predicted molar refractivity (Wildman–Crippen MR) is 106 cm³/mol. The second kappa shape index (κ2) is 8.73. The average molecular weight is 407 g/mol. The van der Waals surface area contributed by atoms with Crippen LogP contribution in [0.15, 0.2) is 48.5 Å². The lowest BCUT2D eigenvalue weighted by atomic mass is 10.1. The number of ether oxygens (including phenoxy) is 1. The first-order valence-corrected chi connectivity index (χ1v) is 9.48. The van der Waals surface area contributed by atoms with Gasteiger partial charge in [0.25, 0.3) is 5.91 Å². The highest BCUT2D eigenvalue weighted by atomic mass is 19.4. The van der Waals surface area contributed by atoms with E-state index in [1.54, 1.807) is 12.1 Å². The molecule has 0 aliphatic carbocycles. The van der Waals surface area contributed by atoms with Crippen molar-refractivity contribution in [1.82, 2.24) is 4.90 Å². The van der Waals surface area contributed by atoms with Crippen molar-refractivity contribution >= 4 is 17.3 Å². The van der Waals surface area contributed by atoms with E-state index < -0.39 is 18.0 Å². The second-order valence-electron chi connectivity index (χ2n) is 7.16. The predicted octanol–water partition coefficient (Wildman–Crippen LogP) is 4.37. The van der Waals surface area contributed by atoms with Crippen molar-refractivity contribution in [3.63, 3.8) is 0 Å². The van der Waals surface area contributed by atoms with Crippen molar-refractivity contribution in [2.45, 2.75) is 26.3 Å². The largest absolute Gasteiger partial charge is 0.573 e. The Bertz CT molecular complexity index is 830. The normalized spacial score (nSPS) is 15.4. The summed E-state index contributed by atoms with van der Waals surface area (Å²) < 4.78 is 41.6. The van der Waals surface area contributed by atoms with Gasteiger partial charge in [-0.25, -0.2) is 0 Å². The number of anilines is 2. The highest BCUT2D eigenvalue weighted by Gasteiger charge is 2.32. The van der Waals surface area contributed by atoms with Gasteiger partial charge in [0.1, 0.15) is 0 Å². The first-order valence-electron chi connectivity index (χ1n) is 9.48. The molecule has 1 heterocycles. The minimum absolute atomic E-state index is 0.0382. The van der Waals surface area contributed by atoms with E-state index >= 15 is 0 Å². The molecule has 0 radical (unpaired) electrons. The molecule has 1 aliphatic heterocycles. The van der Waals surface area contributed by atoms with E-state index in [1.807, 2.05) is 12.1 Å². The third-order valence-electron chi connectivity index (χ3n) is 4.90. The lowest BCUT2D eigenvalue weighted by molar-refractivity contribution is -0.274. The fourth-order valence-corrected chi connectivity index (χ4v) is 3.30. The molecule has 0 atom stereocenters. The molecular formula is C21H24F3N3O2. The Kier molecular flexibility index (Phi) is 6.32. The number of nitrogens with zero attached hydrogens (tertiary/aromatic N) is 2. The molecule has 156 valence electrons. The maximum absolute atomic E-state index is 12.5. The first-order chi connectivity index (χ1) is 13.7. The minimum atomic E-state index is -4.83. The molecule has 1 aliphatic rings. The Balaban J connectivity index is 1.65. The molecule has 0 saturated carbocycles. The summed E-state index contributed by atoms with van der Waals surface area (Å²) >= 11 is 0. The fourth-order valence-electron chi connectivity index (χ4n) is 3.30. The highest BCUT2D eigenvalue weighted by molar-refractivity contribution is 6.05. The van der Waals surface area contributed by atoms with Gasteiger partial charge in [-0.2, -0.15) is 0 Å². The zero-order valence-electron chi connectivity index (χ0n) is 16.4. The van der Waals surface area contributed by atoms with Crippen LogP contribution < -0.4 is 15.0 Å². The van der Waals surface area contributed by atoms with Crippen LogP contribution in [-0.4, -0.2) is 49.4 Å². The number of carbonyl (C=O) groups excluding carboxylic acids is 1. The van der Waals surface area contributed by atoms with E-state index in [2.05, 4.69) is 33.7 Å². The lowest BCUT2D eigenvalue weighted by Gasteiger charge is -2.38. The molecule has 29 heavy (non-hydrogen) atoms. The van der Waals surface area contributed by atoms with Crippen molar-refractivity contribution in [1.29, 1.82) is 0 Å². The molecule has 1 N–H and O–H groups in total. The summed E-state index contributed by atoms with van der Waals surface area (Å²) in [5.74, 6) is -0.951. The Morgan fingerprint density at radius 2 is 1.62 bits per heavy atom. The van der Waals surface area contributed by atoms with Gasteiger partial charge in [-0.1, -0.05) is 12.1 Å². The monoisotopic (exact) mass is 407 g/mol. The van der Waals surface area contributed by atoms with Crippen molar-refractivity contribution in [2.75, 3.05) is 36.4 Å². The Morgan fingerprint density at radius 1 is 1.00 bits per heavy atom. The Labute approximate surface area is 168 Å². The van der Waals surface area contributed by atoms with Crippen molar-refractivity contribution in [3.8, 4) is 5.75 Å². The van der Waals surface area contributed by atoms with Crippen LogP contribution in [0.2, 0.25) is 0 Å². The van der Waals surface area contributed by atoms with Crippen LogP contribution in [-0.2, 0) is 0 Å². The highest BCUT2D eigenvalue weighted by Crippen LogP contribution is 2.30. The Morgan fingerprint density at radius 3 is 2.21 bits per heavy atom. The summed E-state index contributed by atoms with van der Waals surface area (Å²) in [6.45, 7) is 8.14. The van der Waals surface area contributed by atoms with Gasteiger partial charge in [0.2, 0.25) is 0 Å². The summed E-state index contributed by atoms with van der Waals surface area (Å²) in [6.07, 6.45) is -4.83. The zero-order valence-corrected chi connectivity index (χ0v) is 16.4. The molecule has 3 rings (SSSR count). The molecule has 8 heteroatoms. The number of rotatable bonds is 5. The molecule has 0 bridgehead atoms. The number of benzene rings is 2. The summed E-state index contributed by atoms with van der Waals surface area (Å²) in [5.41, 5.74) is 1.34. The maximum atomic E-state index is 12.5. The topological polar surface area (TPSA) is 44.8 Å². The summed E-state index contributed by atoms with van der Waals surface area (Å²) in [4.78, 5) is 17.1. The number of amides is 1. The number of nitrogens with one attached hydrogen (secondary N) is 1. The number of carbonyl (C=O) groups is 1. The van der Waals surface area contributed by atoms with E-state index in [1.165, 1.54) is 18.2 Å². The van der Waals surface area contributed by atoms with E-state index in [0.717, 1.165) is 37.9 Å². The van der Waals surface area contributed by atoms with Gasteiger partial charge in [-0.15, -0.1) is 13.2 Å². The number of alkyl halides is 3. The van der Waals surface area contributed by atoms with E-state index in [4.69, 9.17) is 0 Å². The third kappa shape index (κ3) is 5.63. The molecular weight excluding hydrogens is 383 g/mol. The van der Waals surface area contributed by atoms with Crippen LogP contribution in [0, 0.1) is 0 Å². The van der Waals surface area contributed by atoms with Crippen LogP contribution >= 0.6 is 0 Å². The van der Waals surface area contributed by atoms with Crippen molar-refractivity contribution < 1.29 is 22.7 Å². The van der Waals surface area contributed by atoms with Crippen molar-refractivity contribution in [2.24, 2.45) is 0 Å². The number of piperazine rings is 1. The van der Waals surface area contributed by atoms with Crippen LogP contribution in [0.4, 0.5) is 24.5 Å². The number of hydrogen-bond donors (Lipinski definition) is 1. The fraction of sp³-hybridized carbons (Fsp3) is 0.381. The standard InChI is InChI=1S/C21H24F3N3O2/c1-15(2)26-11-13-27(14-12-26)17-9-7-16(8-10-17)20(28)25-18-5-3-4-6-19(18)29-21(22,23)24/h3-10,15H,11-14H2,1-2H3,(H,25,28). The summed E-state index contributed by atoms with van der Waals surface area (Å²) in [7, 11) is 0. The molecule has 1 fully saturated rings. The van der Waals surface area contributed by atoms with Crippen LogP contribution in [0.25, 0.3) is 0 Å². The quantitative estimate of drug-likeness (QED) is 0.800. The Hall–Kier alpha value is -2.74. The summed E-state index contributed by atoms with van der Waals surface area (Å²) in [6, 6.07) is 13.0. The first kappa shape index (κ1) is 21.0. The summed E-state index contributed by atoms with van der Waals surface area (Å²) in [5, 5.41) is 2.48. The van der Waals surface area contributed by atoms with Gasteiger partial charge in [-0.05, 0) is 50.2 Å². The zero-order chi connectivity index (χ0) is 21.0. The smallest absolute Gasteiger partial charge is 0.404 e. The van der Waals surface area contributed by atoms with Gasteiger partial charge in [0.05, 0.1) is 5.69 Å². The SMILES string of the molecule is CC(C)N1CCN(c2ccc(C(=O)Nc3ccccc3OC(F)(F)F)cc2)CC1. The molecule has 0 spiro atoms. The number of halogens is 3. The van der Waals surface area contributed by atoms with Crippen LogP contribution in [0.3, 0.4) is 0 Å².